The van der Waals surface area contributed by atoms with Gasteiger partial charge in [-0.1, -0.05) is 29.8 Å². The SMILES string of the molecule is CC(=O)N(CC(=O)Nc1ccccc1Cl)c1ccc(C)cc1Br. The molecule has 0 heterocycles. The molecule has 0 atom stereocenters. The van der Waals surface area contributed by atoms with Crippen LogP contribution >= 0.6 is 27.5 Å². The van der Waals surface area contributed by atoms with E-state index in [1.807, 2.05) is 25.1 Å². The van der Waals surface area contributed by atoms with Gasteiger partial charge in [0.15, 0.2) is 0 Å². The molecular weight excluding hydrogens is 380 g/mol. The van der Waals surface area contributed by atoms with Gasteiger partial charge in [0.1, 0.15) is 6.54 Å². The Morgan fingerprint density at radius 1 is 1.22 bits per heavy atom. The third-order valence-electron chi connectivity index (χ3n) is 3.22. The molecule has 2 rings (SSSR count). The van der Waals surface area contributed by atoms with E-state index >= 15 is 0 Å². The highest BCUT2D eigenvalue weighted by molar-refractivity contribution is 9.10. The summed E-state index contributed by atoms with van der Waals surface area (Å²) in [6.07, 6.45) is 0. The predicted molar refractivity (Wildman–Crippen MR) is 97.0 cm³/mol. The molecule has 0 aliphatic rings. The van der Waals surface area contributed by atoms with Crippen LogP contribution in [0.3, 0.4) is 0 Å². The topological polar surface area (TPSA) is 49.4 Å². The zero-order valence-electron chi connectivity index (χ0n) is 12.8. The van der Waals surface area contributed by atoms with Crippen LogP contribution in [0.15, 0.2) is 46.9 Å². The lowest BCUT2D eigenvalue weighted by atomic mass is 10.2. The Morgan fingerprint density at radius 3 is 2.52 bits per heavy atom. The zero-order chi connectivity index (χ0) is 17.0. The third-order valence-corrected chi connectivity index (χ3v) is 4.19. The van der Waals surface area contributed by atoms with Crippen LogP contribution in [0.1, 0.15) is 12.5 Å². The zero-order valence-corrected chi connectivity index (χ0v) is 15.1. The highest BCUT2D eigenvalue weighted by atomic mass is 79.9. The van der Waals surface area contributed by atoms with E-state index in [2.05, 4.69) is 21.2 Å². The monoisotopic (exact) mass is 394 g/mol. The summed E-state index contributed by atoms with van der Waals surface area (Å²) in [5.74, 6) is -0.537. The van der Waals surface area contributed by atoms with Crippen molar-refractivity contribution in [2.45, 2.75) is 13.8 Å². The molecule has 2 aromatic rings. The van der Waals surface area contributed by atoms with Gasteiger partial charge in [-0.15, -0.1) is 0 Å². The fourth-order valence-electron chi connectivity index (χ4n) is 2.09. The molecule has 0 bridgehead atoms. The maximum absolute atomic E-state index is 12.3. The lowest BCUT2D eigenvalue weighted by Crippen LogP contribution is -2.37. The molecule has 6 heteroatoms. The minimum Gasteiger partial charge on any atom is -0.323 e. The van der Waals surface area contributed by atoms with Gasteiger partial charge in [-0.25, -0.2) is 0 Å². The summed E-state index contributed by atoms with van der Waals surface area (Å²) in [6.45, 7) is 3.29. The Labute approximate surface area is 148 Å². The second-order valence-electron chi connectivity index (χ2n) is 5.09. The summed E-state index contributed by atoms with van der Waals surface area (Å²) in [7, 11) is 0. The molecule has 0 aromatic heterocycles. The van der Waals surface area contributed by atoms with E-state index in [4.69, 9.17) is 11.6 Å². The lowest BCUT2D eigenvalue weighted by Gasteiger charge is -2.22. The molecule has 0 spiro atoms. The number of amides is 2. The molecule has 0 aliphatic carbocycles. The van der Waals surface area contributed by atoms with Gasteiger partial charge in [0.25, 0.3) is 0 Å². The largest absolute Gasteiger partial charge is 0.323 e. The van der Waals surface area contributed by atoms with Crippen LogP contribution in [-0.4, -0.2) is 18.4 Å². The molecule has 2 amide bonds. The van der Waals surface area contributed by atoms with Crippen molar-refractivity contribution in [2.75, 3.05) is 16.8 Å². The third kappa shape index (κ3) is 4.56. The van der Waals surface area contributed by atoms with Gasteiger partial charge in [-0.05, 0) is 52.7 Å². The Morgan fingerprint density at radius 2 is 1.91 bits per heavy atom. The quantitative estimate of drug-likeness (QED) is 0.834. The lowest BCUT2D eigenvalue weighted by molar-refractivity contribution is -0.120. The van der Waals surface area contributed by atoms with Gasteiger partial charge < -0.3 is 10.2 Å². The fraction of sp³-hybridized carbons (Fsp3) is 0.176. The molecule has 0 fully saturated rings. The maximum Gasteiger partial charge on any atom is 0.244 e. The van der Waals surface area contributed by atoms with Crippen molar-refractivity contribution in [1.82, 2.24) is 0 Å². The van der Waals surface area contributed by atoms with Gasteiger partial charge in [-0.3, -0.25) is 9.59 Å². The number of nitrogens with zero attached hydrogens (tertiary/aromatic N) is 1. The van der Waals surface area contributed by atoms with Crippen LogP contribution in [-0.2, 0) is 9.59 Å². The molecule has 23 heavy (non-hydrogen) atoms. The number of hydrogen-bond donors (Lipinski definition) is 1. The number of halogens is 2. The number of carbonyl (C=O) groups excluding carboxylic acids is 2. The van der Waals surface area contributed by atoms with Gasteiger partial charge in [0.05, 0.1) is 16.4 Å². The van der Waals surface area contributed by atoms with Crippen molar-refractivity contribution in [1.29, 1.82) is 0 Å². The fourth-order valence-corrected chi connectivity index (χ4v) is 2.98. The van der Waals surface area contributed by atoms with E-state index in [0.717, 1.165) is 10.0 Å². The van der Waals surface area contributed by atoms with Gasteiger partial charge >= 0.3 is 0 Å². The van der Waals surface area contributed by atoms with Crippen LogP contribution in [0, 0.1) is 6.92 Å². The van der Waals surface area contributed by atoms with Crippen LogP contribution in [0.25, 0.3) is 0 Å². The average Bonchev–Trinajstić information content (AvgIpc) is 2.48. The van der Waals surface area contributed by atoms with Crippen molar-refractivity contribution in [3.8, 4) is 0 Å². The van der Waals surface area contributed by atoms with Gasteiger partial charge in [0, 0.05) is 11.4 Å². The van der Waals surface area contributed by atoms with Crippen molar-refractivity contribution in [2.24, 2.45) is 0 Å². The molecule has 0 unspecified atom stereocenters. The van der Waals surface area contributed by atoms with Crippen LogP contribution in [0.4, 0.5) is 11.4 Å². The molecule has 4 nitrogen and oxygen atoms in total. The Kier molecular flexibility index (Phi) is 5.80. The summed E-state index contributed by atoms with van der Waals surface area (Å²) in [6, 6.07) is 12.6. The predicted octanol–water partition coefficient (Wildman–Crippen LogP) is 4.40. The van der Waals surface area contributed by atoms with E-state index in [9.17, 15) is 9.59 Å². The Hall–Kier alpha value is -1.85. The highest BCUT2D eigenvalue weighted by Gasteiger charge is 2.18. The minimum atomic E-state index is -0.319. The second kappa shape index (κ2) is 7.62. The van der Waals surface area contributed by atoms with Gasteiger partial charge in [-0.2, -0.15) is 0 Å². The first-order valence-electron chi connectivity index (χ1n) is 6.97. The molecule has 0 aliphatic heterocycles. The molecule has 0 saturated carbocycles. The summed E-state index contributed by atoms with van der Waals surface area (Å²) in [5, 5.41) is 3.17. The van der Waals surface area contributed by atoms with Crippen LogP contribution < -0.4 is 10.2 Å². The van der Waals surface area contributed by atoms with Gasteiger partial charge in [0.2, 0.25) is 11.8 Å². The Bertz CT molecular complexity index is 749. The van der Waals surface area contributed by atoms with Crippen molar-refractivity contribution >= 4 is 50.7 Å². The van der Waals surface area contributed by atoms with E-state index in [0.29, 0.717) is 16.4 Å². The van der Waals surface area contributed by atoms with Crippen molar-refractivity contribution in [3.63, 3.8) is 0 Å². The summed E-state index contributed by atoms with van der Waals surface area (Å²) >= 11 is 9.46. The molecule has 0 saturated heterocycles. The molecular formula is C17H16BrClN2O2. The van der Waals surface area contributed by atoms with Crippen LogP contribution in [0.2, 0.25) is 5.02 Å². The summed E-state index contributed by atoms with van der Waals surface area (Å²) in [5.41, 5.74) is 2.23. The first-order valence-corrected chi connectivity index (χ1v) is 8.14. The van der Waals surface area contributed by atoms with Crippen molar-refractivity contribution in [3.05, 3.63) is 57.5 Å². The molecule has 2 aromatic carbocycles. The number of nitrogens with one attached hydrogen (secondary N) is 1. The number of hydrogen-bond acceptors (Lipinski definition) is 2. The smallest absolute Gasteiger partial charge is 0.244 e. The normalized spacial score (nSPS) is 10.3. The molecule has 120 valence electrons. The minimum absolute atomic E-state index is 0.0950. The standard InChI is InChI=1S/C17H16BrClN2O2/c1-11-7-8-16(13(18)9-11)21(12(2)22)10-17(23)20-15-6-4-3-5-14(15)19/h3-9H,10H2,1-2H3,(H,20,23). The van der Waals surface area contributed by atoms with E-state index in [1.54, 1.807) is 24.3 Å². The number of aryl methyl sites for hydroxylation is 1. The molecule has 1 N–H and O–H groups in total. The number of benzene rings is 2. The first-order chi connectivity index (χ1) is 10.9. The second-order valence-corrected chi connectivity index (χ2v) is 6.35. The van der Waals surface area contributed by atoms with E-state index in [1.165, 1.54) is 11.8 Å². The maximum atomic E-state index is 12.3. The molecule has 0 radical (unpaired) electrons. The van der Waals surface area contributed by atoms with E-state index < -0.39 is 0 Å². The number of carbonyl (C=O) groups is 2. The summed E-state index contributed by atoms with van der Waals surface area (Å²) < 4.78 is 0.762. The van der Waals surface area contributed by atoms with Crippen LogP contribution in [0.5, 0.6) is 0 Å². The Balaban J connectivity index is 2.18. The number of rotatable bonds is 4. The summed E-state index contributed by atoms with van der Waals surface area (Å²) in [4.78, 5) is 25.6. The van der Waals surface area contributed by atoms with Crippen molar-refractivity contribution < 1.29 is 9.59 Å². The highest BCUT2D eigenvalue weighted by Crippen LogP contribution is 2.27. The number of anilines is 2. The average molecular weight is 396 g/mol. The van der Waals surface area contributed by atoms with E-state index in [-0.39, 0.29) is 18.4 Å². The first kappa shape index (κ1) is 17.5. The number of para-hydroxylation sites is 1.